The quantitative estimate of drug-likeness (QED) is 0.505. The Hall–Kier alpha value is -3.94. The van der Waals surface area contributed by atoms with Crippen molar-refractivity contribution in [3.63, 3.8) is 0 Å². The Morgan fingerprint density at radius 2 is 2.00 bits per heavy atom. The number of carbonyl (C=O) groups is 2. The SMILES string of the molecule is C=CCOC(=O)NC(COc1ccc2ncc(F)cc2c1C(=O)O)Cc1ccccc1. The number of carboxylic acid groups (broad SMARTS) is 1. The number of aromatic carboxylic acids is 1. The first kappa shape index (κ1) is 21.8. The van der Waals surface area contributed by atoms with Crippen molar-refractivity contribution in [3.8, 4) is 5.75 Å². The molecule has 0 fully saturated rings. The van der Waals surface area contributed by atoms with E-state index < -0.39 is 23.9 Å². The third-order valence-electron chi connectivity index (χ3n) is 4.43. The van der Waals surface area contributed by atoms with E-state index in [-0.39, 0.29) is 29.9 Å². The molecule has 1 atom stereocenters. The van der Waals surface area contributed by atoms with Crippen molar-refractivity contribution in [2.45, 2.75) is 12.5 Å². The summed E-state index contributed by atoms with van der Waals surface area (Å²) in [5.41, 5.74) is 1.08. The number of halogens is 1. The average molecular weight is 424 g/mol. The maximum atomic E-state index is 13.6. The molecule has 0 aliphatic carbocycles. The Balaban J connectivity index is 1.83. The maximum Gasteiger partial charge on any atom is 0.407 e. The number of fused-ring (bicyclic) bond motifs is 1. The summed E-state index contributed by atoms with van der Waals surface area (Å²) in [5, 5.41) is 12.5. The Bertz CT molecular complexity index is 1090. The number of rotatable bonds is 9. The zero-order chi connectivity index (χ0) is 22.2. The Morgan fingerprint density at radius 1 is 1.23 bits per heavy atom. The second kappa shape index (κ2) is 10.2. The summed E-state index contributed by atoms with van der Waals surface area (Å²) >= 11 is 0. The fraction of sp³-hybridized carbons (Fsp3) is 0.174. The van der Waals surface area contributed by atoms with Gasteiger partial charge in [0.2, 0.25) is 0 Å². The number of benzene rings is 2. The standard InChI is InChI=1S/C23H21FN2O5/c1-2-10-30-23(29)26-17(11-15-6-4-3-5-7-15)14-31-20-9-8-19-18(21(20)22(27)28)12-16(24)13-25-19/h2-9,12-13,17H,1,10-11,14H2,(H,26,29)(H,27,28). The molecule has 0 spiro atoms. The Morgan fingerprint density at radius 3 is 2.71 bits per heavy atom. The van der Waals surface area contributed by atoms with Gasteiger partial charge in [-0.1, -0.05) is 43.0 Å². The molecule has 0 radical (unpaired) electrons. The van der Waals surface area contributed by atoms with Crippen molar-refractivity contribution in [1.29, 1.82) is 0 Å². The largest absolute Gasteiger partial charge is 0.491 e. The lowest BCUT2D eigenvalue weighted by molar-refractivity contribution is 0.0693. The first-order valence-electron chi connectivity index (χ1n) is 9.50. The van der Waals surface area contributed by atoms with Crippen LogP contribution in [0.1, 0.15) is 15.9 Å². The second-order valence-corrected chi connectivity index (χ2v) is 6.69. The van der Waals surface area contributed by atoms with Crippen LogP contribution in [-0.2, 0) is 11.2 Å². The van der Waals surface area contributed by atoms with Crippen LogP contribution in [-0.4, -0.2) is 41.4 Å². The molecule has 160 valence electrons. The van der Waals surface area contributed by atoms with Crippen LogP contribution in [0.15, 0.2) is 67.4 Å². The molecular weight excluding hydrogens is 403 g/mol. The normalized spacial score (nSPS) is 11.5. The van der Waals surface area contributed by atoms with Gasteiger partial charge in [0.05, 0.1) is 17.8 Å². The fourth-order valence-electron chi connectivity index (χ4n) is 3.08. The van der Waals surface area contributed by atoms with Crippen LogP contribution in [0.2, 0.25) is 0 Å². The van der Waals surface area contributed by atoms with Crippen LogP contribution < -0.4 is 10.1 Å². The van der Waals surface area contributed by atoms with Crippen molar-refractivity contribution in [2.24, 2.45) is 0 Å². The molecule has 0 saturated heterocycles. The van der Waals surface area contributed by atoms with Gasteiger partial charge in [0, 0.05) is 5.39 Å². The molecule has 8 heteroatoms. The van der Waals surface area contributed by atoms with E-state index in [1.165, 1.54) is 12.1 Å². The molecule has 0 aliphatic rings. The van der Waals surface area contributed by atoms with Gasteiger partial charge >= 0.3 is 12.1 Å². The summed E-state index contributed by atoms with van der Waals surface area (Å²) in [6, 6.07) is 13.0. The van der Waals surface area contributed by atoms with Crippen molar-refractivity contribution in [3.05, 3.63) is 84.3 Å². The van der Waals surface area contributed by atoms with Gasteiger partial charge in [-0.25, -0.2) is 14.0 Å². The number of pyridine rings is 1. The summed E-state index contributed by atoms with van der Waals surface area (Å²) in [5.74, 6) is -1.88. The minimum absolute atomic E-state index is 0.0351. The van der Waals surface area contributed by atoms with Crippen LogP contribution in [0.3, 0.4) is 0 Å². The van der Waals surface area contributed by atoms with E-state index >= 15 is 0 Å². The summed E-state index contributed by atoms with van der Waals surface area (Å²) < 4.78 is 24.4. The molecule has 1 aromatic heterocycles. The highest BCUT2D eigenvalue weighted by atomic mass is 19.1. The number of alkyl carbamates (subject to hydrolysis) is 1. The smallest absolute Gasteiger partial charge is 0.407 e. The summed E-state index contributed by atoms with van der Waals surface area (Å²) in [7, 11) is 0. The Labute approximate surface area is 178 Å². The van der Waals surface area contributed by atoms with E-state index in [9.17, 15) is 19.1 Å². The highest BCUT2D eigenvalue weighted by Gasteiger charge is 2.20. The van der Waals surface area contributed by atoms with Gasteiger partial charge in [-0.05, 0) is 30.2 Å². The topological polar surface area (TPSA) is 97.8 Å². The number of nitrogens with zero attached hydrogens (tertiary/aromatic N) is 1. The molecule has 3 rings (SSSR count). The van der Waals surface area contributed by atoms with Crippen molar-refractivity contribution in [2.75, 3.05) is 13.2 Å². The first-order valence-corrected chi connectivity index (χ1v) is 9.50. The second-order valence-electron chi connectivity index (χ2n) is 6.69. The highest BCUT2D eigenvalue weighted by molar-refractivity contribution is 6.05. The number of ether oxygens (including phenoxy) is 2. The van der Waals surface area contributed by atoms with Crippen LogP contribution in [0.5, 0.6) is 5.75 Å². The minimum Gasteiger partial charge on any atom is -0.491 e. The molecule has 0 aliphatic heterocycles. The number of carboxylic acids is 1. The van der Waals surface area contributed by atoms with E-state index in [0.717, 1.165) is 17.8 Å². The molecule has 1 amide bonds. The van der Waals surface area contributed by atoms with E-state index in [1.807, 2.05) is 30.3 Å². The van der Waals surface area contributed by atoms with Gasteiger partial charge in [-0.3, -0.25) is 4.98 Å². The third-order valence-corrected chi connectivity index (χ3v) is 4.43. The zero-order valence-corrected chi connectivity index (χ0v) is 16.6. The monoisotopic (exact) mass is 424 g/mol. The molecule has 2 aromatic carbocycles. The van der Waals surface area contributed by atoms with E-state index in [4.69, 9.17) is 9.47 Å². The molecule has 1 heterocycles. The number of amides is 1. The summed E-state index contributed by atoms with van der Waals surface area (Å²) in [6.07, 6.45) is 2.25. The predicted octanol–water partition coefficient (Wildman–Crippen LogP) is 3.97. The van der Waals surface area contributed by atoms with Gasteiger partial charge in [0.1, 0.15) is 30.3 Å². The fourth-order valence-corrected chi connectivity index (χ4v) is 3.08. The zero-order valence-electron chi connectivity index (χ0n) is 16.6. The Kier molecular flexibility index (Phi) is 7.16. The van der Waals surface area contributed by atoms with Crippen molar-refractivity contribution >= 4 is 23.0 Å². The van der Waals surface area contributed by atoms with E-state index in [2.05, 4.69) is 16.9 Å². The van der Waals surface area contributed by atoms with E-state index in [0.29, 0.717) is 11.9 Å². The number of carbonyl (C=O) groups excluding carboxylic acids is 1. The number of hydrogen-bond acceptors (Lipinski definition) is 5. The van der Waals surface area contributed by atoms with Crippen LogP contribution in [0, 0.1) is 5.82 Å². The maximum absolute atomic E-state index is 13.6. The molecule has 3 aromatic rings. The number of nitrogens with one attached hydrogen (secondary N) is 1. The highest BCUT2D eigenvalue weighted by Crippen LogP contribution is 2.28. The lowest BCUT2D eigenvalue weighted by Gasteiger charge is -2.20. The summed E-state index contributed by atoms with van der Waals surface area (Å²) in [4.78, 5) is 27.8. The van der Waals surface area contributed by atoms with Crippen LogP contribution in [0.4, 0.5) is 9.18 Å². The van der Waals surface area contributed by atoms with Gasteiger partial charge in [-0.15, -0.1) is 0 Å². The summed E-state index contributed by atoms with van der Waals surface area (Å²) in [6.45, 7) is 3.51. The lowest BCUT2D eigenvalue weighted by Crippen LogP contribution is -2.41. The van der Waals surface area contributed by atoms with Crippen molar-refractivity contribution in [1.82, 2.24) is 10.3 Å². The average Bonchev–Trinajstić information content (AvgIpc) is 2.76. The predicted molar refractivity (Wildman–Crippen MR) is 113 cm³/mol. The molecule has 7 nitrogen and oxygen atoms in total. The van der Waals surface area contributed by atoms with Gasteiger partial charge < -0.3 is 19.9 Å². The molecule has 2 N–H and O–H groups in total. The van der Waals surface area contributed by atoms with Gasteiger partial charge in [0.15, 0.2) is 0 Å². The minimum atomic E-state index is -1.27. The molecule has 31 heavy (non-hydrogen) atoms. The third kappa shape index (κ3) is 5.79. The van der Waals surface area contributed by atoms with Crippen LogP contribution >= 0.6 is 0 Å². The number of hydrogen-bond donors (Lipinski definition) is 2. The van der Waals surface area contributed by atoms with Crippen molar-refractivity contribution < 1.29 is 28.6 Å². The first-order chi connectivity index (χ1) is 15.0. The number of aromatic nitrogens is 1. The molecule has 0 bridgehead atoms. The van der Waals surface area contributed by atoms with Gasteiger partial charge in [-0.2, -0.15) is 0 Å². The van der Waals surface area contributed by atoms with Gasteiger partial charge in [0.25, 0.3) is 0 Å². The van der Waals surface area contributed by atoms with E-state index in [1.54, 1.807) is 6.07 Å². The molecule has 0 saturated carbocycles. The molecular formula is C23H21FN2O5. The lowest BCUT2D eigenvalue weighted by atomic mass is 10.1. The molecule has 1 unspecified atom stereocenters. The van der Waals surface area contributed by atoms with Crippen LogP contribution in [0.25, 0.3) is 10.9 Å².